The van der Waals surface area contributed by atoms with E-state index in [0.29, 0.717) is 23.8 Å². The number of fused-ring (bicyclic) bond motifs is 6. The monoisotopic (exact) mass is 210 g/mol. The summed E-state index contributed by atoms with van der Waals surface area (Å²) in [5.74, 6) is 1.56. The Hall–Kier alpha value is -1.44. The third-order valence-corrected chi connectivity index (χ3v) is 4.15. The molecule has 2 heteroatoms. The van der Waals surface area contributed by atoms with E-state index < -0.39 is 0 Å². The molecule has 2 bridgehead atoms. The largest absolute Gasteiger partial charge is 0.292 e. The van der Waals surface area contributed by atoms with Crippen molar-refractivity contribution >= 4 is 11.9 Å². The van der Waals surface area contributed by atoms with Crippen molar-refractivity contribution in [1.29, 1.82) is 0 Å². The first-order valence-electron chi connectivity index (χ1n) is 6.05. The van der Waals surface area contributed by atoms with Crippen LogP contribution in [0.25, 0.3) is 0 Å². The van der Waals surface area contributed by atoms with Crippen molar-refractivity contribution in [2.45, 2.75) is 12.5 Å². The van der Waals surface area contributed by atoms with E-state index in [9.17, 15) is 0 Å². The topological polar surface area (TPSA) is 24.7 Å². The normalized spacial score (nSPS) is 42.5. The molecule has 0 saturated heterocycles. The summed E-state index contributed by atoms with van der Waals surface area (Å²) in [7, 11) is 0. The zero-order chi connectivity index (χ0) is 10.5. The molecule has 4 atom stereocenters. The summed E-state index contributed by atoms with van der Waals surface area (Å²) in [5.41, 5.74) is 2.91. The Morgan fingerprint density at radius 2 is 2.12 bits per heavy atom. The summed E-state index contributed by atoms with van der Waals surface area (Å²) in [5, 5.41) is 0. The van der Waals surface area contributed by atoms with E-state index in [1.165, 1.54) is 5.71 Å². The predicted molar refractivity (Wildman–Crippen MR) is 66.0 cm³/mol. The maximum Gasteiger partial charge on any atom is 0.0609 e. The van der Waals surface area contributed by atoms with Gasteiger partial charge in [-0.05, 0) is 6.42 Å². The van der Waals surface area contributed by atoms with E-state index in [0.717, 1.165) is 13.0 Å². The number of hydrogen-bond acceptors (Lipinski definition) is 2. The first-order valence-corrected chi connectivity index (χ1v) is 6.05. The molecule has 4 unspecified atom stereocenters. The van der Waals surface area contributed by atoms with Crippen LogP contribution in [-0.2, 0) is 0 Å². The molecule has 1 aliphatic carbocycles. The minimum Gasteiger partial charge on any atom is -0.292 e. The van der Waals surface area contributed by atoms with Gasteiger partial charge in [-0.3, -0.25) is 9.98 Å². The van der Waals surface area contributed by atoms with Crippen LogP contribution < -0.4 is 0 Å². The average Bonchev–Trinajstić information content (AvgIpc) is 2.65. The van der Waals surface area contributed by atoms with Crippen molar-refractivity contribution in [3.05, 3.63) is 36.0 Å². The standard InChI is InChI=1S/C14H14N2/c1-2-4-11-10(3-1)13-7-9-5-6-15-8-12(9)14(11)16-13/h1-5,8,10-13H,6-7H2. The lowest BCUT2D eigenvalue weighted by molar-refractivity contribution is 0.498. The van der Waals surface area contributed by atoms with Gasteiger partial charge in [0.25, 0.3) is 0 Å². The van der Waals surface area contributed by atoms with Crippen LogP contribution in [0.1, 0.15) is 6.42 Å². The fraction of sp³-hybridized carbons (Fsp3) is 0.429. The quantitative estimate of drug-likeness (QED) is 0.548. The van der Waals surface area contributed by atoms with Crippen molar-refractivity contribution < 1.29 is 0 Å². The highest BCUT2D eigenvalue weighted by Gasteiger charge is 2.44. The molecule has 0 saturated carbocycles. The van der Waals surface area contributed by atoms with Gasteiger partial charge in [-0.15, -0.1) is 0 Å². The zero-order valence-corrected chi connectivity index (χ0v) is 9.08. The van der Waals surface area contributed by atoms with Gasteiger partial charge < -0.3 is 0 Å². The number of aliphatic imine (C=N–C) groups is 2. The van der Waals surface area contributed by atoms with Crippen LogP contribution in [0, 0.1) is 17.8 Å². The highest BCUT2D eigenvalue weighted by atomic mass is 14.9. The van der Waals surface area contributed by atoms with Gasteiger partial charge in [0.2, 0.25) is 0 Å². The first-order chi connectivity index (χ1) is 7.93. The van der Waals surface area contributed by atoms with Crippen LogP contribution in [0.4, 0.5) is 0 Å². The van der Waals surface area contributed by atoms with Crippen LogP contribution in [0.2, 0.25) is 0 Å². The van der Waals surface area contributed by atoms with Crippen molar-refractivity contribution in [3.8, 4) is 0 Å². The van der Waals surface area contributed by atoms with E-state index in [1.54, 1.807) is 5.57 Å². The van der Waals surface area contributed by atoms with Crippen LogP contribution in [0.5, 0.6) is 0 Å². The van der Waals surface area contributed by atoms with Crippen molar-refractivity contribution in [2.75, 3.05) is 6.54 Å². The fourth-order valence-corrected chi connectivity index (χ4v) is 3.40. The Bertz CT molecular complexity index is 479. The molecule has 16 heavy (non-hydrogen) atoms. The number of rotatable bonds is 0. The molecular weight excluding hydrogens is 196 g/mol. The second-order valence-electron chi connectivity index (χ2n) is 4.97. The summed E-state index contributed by atoms with van der Waals surface area (Å²) >= 11 is 0. The average molecular weight is 210 g/mol. The molecule has 0 fully saturated rings. The Labute approximate surface area is 95.2 Å². The number of hydrogen-bond donors (Lipinski definition) is 0. The lowest BCUT2D eigenvalue weighted by Gasteiger charge is -2.24. The van der Waals surface area contributed by atoms with Gasteiger partial charge in [0.1, 0.15) is 0 Å². The molecule has 80 valence electrons. The Kier molecular flexibility index (Phi) is 1.65. The predicted octanol–water partition coefficient (Wildman–Crippen LogP) is 2.20. The number of allylic oxidation sites excluding steroid dienone is 3. The summed E-state index contributed by atoms with van der Waals surface area (Å²) in [6.45, 7) is 0.868. The summed E-state index contributed by atoms with van der Waals surface area (Å²) in [6, 6.07) is 0.496. The first kappa shape index (κ1) is 8.68. The van der Waals surface area contributed by atoms with E-state index in [2.05, 4.69) is 41.6 Å². The summed E-state index contributed by atoms with van der Waals surface area (Å²) in [4.78, 5) is 9.30. The van der Waals surface area contributed by atoms with Gasteiger partial charge in [0, 0.05) is 23.8 Å². The van der Waals surface area contributed by atoms with E-state index in [4.69, 9.17) is 4.99 Å². The number of dihydropyridines is 1. The molecule has 0 amide bonds. The van der Waals surface area contributed by atoms with E-state index >= 15 is 0 Å². The molecular formula is C14H14N2. The molecule has 3 aliphatic heterocycles. The highest BCUT2D eigenvalue weighted by molar-refractivity contribution is 6.06. The van der Waals surface area contributed by atoms with Crippen LogP contribution in [-0.4, -0.2) is 24.5 Å². The minimum atomic E-state index is 0.413. The molecule has 0 radical (unpaired) electrons. The molecule has 0 aromatic carbocycles. The zero-order valence-electron chi connectivity index (χ0n) is 9.08. The molecule has 4 aliphatic rings. The SMILES string of the molecule is C1=CC2C3=NC(CC4=CCN=CC43)C2C=C1. The highest BCUT2D eigenvalue weighted by Crippen LogP contribution is 2.44. The maximum atomic E-state index is 4.90. The molecule has 0 N–H and O–H groups in total. The number of nitrogens with zero attached hydrogens (tertiary/aromatic N) is 2. The van der Waals surface area contributed by atoms with Gasteiger partial charge in [0.15, 0.2) is 0 Å². The molecule has 0 spiro atoms. The molecule has 2 nitrogen and oxygen atoms in total. The molecule has 3 heterocycles. The van der Waals surface area contributed by atoms with Crippen molar-refractivity contribution in [3.63, 3.8) is 0 Å². The second-order valence-corrected chi connectivity index (χ2v) is 4.97. The summed E-state index contributed by atoms with van der Waals surface area (Å²) < 4.78 is 0. The third-order valence-electron chi connectivity index (χ3n) is 4.15. The van der Waals surface area contributed by atoms with Crippen molar-refractivity contribution in [1.82, 2.24) is 0 Å². The van der Waals surface area contributed by atoms with Gasteiger partial charge in [-0.1, -0.05) is 36.0 Å². The molecule has 4 rings (SSSR count). The lowest BCUT2D eigenvalue weighted by Crippen LogP contribution is -2.26. The minimum absolute atomic E-state index is 0.413. The third kappa shape index (κ3) is 1.02. The van der Waals surface area contributed by atoms with Gasteiger partial charge >= 0.3 is 0 Å². The molecule has 0 aromatic heterocycles. The Morgan fingerprint density at radius 3 is 3.12 bits per heavy atom. The van der Waals surface area contributed by atoms with Crippen LogP contribution >= 0.6 is 0 Å². The van der Waals surface area contributed by atoms with Gasteiger partial charge in [-0.25, -0.2) is 0 Å². The Morgan fingerprint density at radius 1 is 1.19 bits per heavy atom. The summed E-state index contributed by atoms with van der Waals surface area (Å²) in [6.07, 6.45) is 14.5. The van der Waals surface area contributed by atoms with Gasteiger partial charge in [-0.2, -0.15) is 0 Å². The van der Waals surface area contributed by atoms with Crippen molar-refractivity contribution in [2.24, 2.45) is 27.7 Å². The van der Waals surface area contributed by atoms with Gasteiger partial charge in [0.05, 0.1) is 18.5 Å². The van der Waals surface area contributed by atoms with E-state index in [-0.39, 0.29) is 0 Å². The lowest BCUT2D eigenvalue weighted by atomic mass is 9.82. The van der Waals surface area contributed by atoms with Crippen LogP contribution in [0.3, 0.4) is 0 Å². The smallest absolute Gasteiger partial charge is 0.0609 e. The van der Waals surface area contributed by atoms with Crippen LogP contribution in [0.15, 0.2) is 45.9 Å². The van der Waals surface area contributed by atoms with E-state index in [1.807, 2.05) is 0 Å². The second kappa shape index (κ2) is 3.03. The fourth-order valence-electron chi connectivity index (χ4n) is 3.40. The maximum absolute atomic E-state index is 4.90. The molecule has 0 aromatic rings. The Balaban J connectivity index is 1.81.